The van der Waals surface area contributed by atoms with Crippen LogP contribution in [0, 0.1) is 0 Å². The molecule has 0 aliphatic carbocycles. The first-order valence-corrected chi connectivity index (χ1v) is 9.49. The molecule has 1 heterocycles. The molecule has 5 nitrogen and oxygen atoms in total. The van der Waals surface area contributed by atoms with Crippen LogP contribution in [0.25, 0.3) is 6.08 Å². The number of hydrogen-bond acceptors (Lipinski definition) is 4. The summed E-state index contributed by atoms with van der Waals surface area (Å²) < 4.78 is 0. The van der Waals surface area contributed by atoms with Crippen molar-refractivity contribution in [2.75, 3.05) is 6.54 Å². The fourth-order valence-corrected chi connectivity index (χ4v) is 3.14. The Morgan fingerprint density at radius 3 is 2.38 bits per heavy atom. The first-order chi connectivity index (χ1) is 12.4. The lowest BCUT2D eigenvalue weighted by Gasteiger charge is -2.20. The Morgan fingerprint density at radius 1 is 1.12 bits per heavy atom. The number of unbranched alkanes of at least 4 members (excludes halogenated alkanes) is 3. The first kappa shape index (κ1) is 20.3. The van der Waals surface area contributed by atoms with Crippen LogP contribution < -0.4 is 5.73 Å². The molecular formula is C21H30N2O3. The molecule has 2 amide bonds. The standard InChI is InChI=1S/C21H30N2O3/c1-15(2)17-10-8-16(9-11-17)13-18-14-20(25)23(21(18)26)19(24)7-5-3-4-6-12-22/h8-11,13,15,19,24H,3-7,12,14,22H2,1-2H3/b18-13+. The Morgan fingerprint density at radius 2 is 1.77 bits per heavy atom. The summed E-state index contributed by atoms with van der Waals surface area (Å²) in [6, 6.07) is 7.98. The van der Waals surface area contributed by atoms with Gasteiger partial charge >= 0.3 is 0 Å². The van der Waals surface area contributed by atoms with Gasteiger partial charge in [0.1, 0.15) is 6.23 Å². The summed E-state index contributed by atoms with van der Waals surface area (Å²) in [5.41, 5.74) is 8.02. The van der Waals surface area contributed by atoms with E-state index >= 15 is 0 Å². The normalized spacial score (nSPS) is 17.6. The third-order valence-electron chi connectivity index (χ3n) is 4.76. The van der Waals surface area contributed by atoms with Gasteiger partial charge in [0.15, 0.2) is 0 Å². The molecule has 1 fully saturated rings. The molecule has 1 atom stereocenters. The molecule has 1 aromatic carbocycles. The number of rotatable bonds is 9. The number of aliphatic hydroxyl groups excluding tert-OH is 1. The van der Waals surface area contributed by atoms with Crippen LogP contribution in [0.1, 0.15) is 69.4 Å². The highest BCUT2D eigenvalue weighted by Crippen LogP contribution is 2.25. The third-order valence-corrected chi connectivity index (χ3v) is 4.76. The number of nitrogens with zero attached hydrogens (tertiary/aromatic N) is 1. The number of amides is 2. The number of nitrogens with two attached hydrogens (primary N) is 1. The van der Waals surface area contributed by atoms with E-state index in [1.807, 2.05) is 24.3 Å². The molecule has 1 aliphatic rings. The number of aliphatic hydroxyl groups is 1. The highest BCUT2D eigenvalue weighted by atomic mass is 16.3. The van der Waals surface area contributed by atoms with Crippen LogP contribution in [0.5, 0.6) is 0 Å². The summed E-state index contributed by atoms with van der Waals surface area (Å²) in [5.74, 6) is -0.256. The van der Waals surface area contributed by atoms with Crippen molar-refractivity contribution in [1.29, 1.82) is 0 Å². The number of carbonyl (C=O) groups excluding carboxylic acids is 2. The smallest absolute Gasteiger partial charge is 0.259 e. The first-order valence-electron chi connectivity index (χ1n) is 9.49. The van der Waals surface area contributed by atoms with Crippen LogP contribution in [-0.2, 0) is 9.59 Å². The molecule has 0 bridgehead atoms. The van der Waals surface area contributed by atoms with Gasteiger partial charge in [-0.05, 0) is 48.9 Å². The van der Waals surface area contributed by atoms with Gasteiger partial charge in [0.2, 0.25) is 5.91 Å². The molecule has 0 radical (unpaired) electrons. The minimum atomic E-state index is -1.04. The van der Waals surface area contributed by atoms with E-state index in [2.05, 4.69) is 13.8 Å². The quantitative estimate of drug-likeness (QED) is 0.403. The predicted molar refractivity (Wildman–Crippen MR) is 103 cm³/mol. The van der Waals surface area contributed by atoms with E-state index in [0.29, 0.717) is 24.5 Å². The maximum Gasteiger partial charge on any atom is 0.259 e. The molecule has 26 heavy (non-hydrogen) atoms. The Balaban J connectivity index is 1.98. The van der Waals surface area contributed by atoms with Crippen molar-refractivity contribution in [1.82, 2.24) is 4.90 Å². The molecule has 0 spiro atoms. The summed E-state index contributed by atoms with van der Waals surface area (Å²) in [6.07, 6.45) is 4.85. The van der Waals surface area contributed by atoms with Crippen LogP contribution >= 0.6 is 0 Å². The monoisotopic (exact) mass is 358 g/mol. The van der Waals surface area contributed by atoms with Crippen LogP contribution in [0.15, 0.2) is 29.8 Å². The number of hydrogen-bond donors (Lipinski definition) is 2. The van der Waals surface area contributed by atoms with E-state index in [9.17, 15) is 14.7 Å². The highest BCUT2D eigenvalue weighted by molar-refractivity contribution is 6.15. The van der Waals surface area contributed by atoms with Crippen LogP contribution in [0.2, 0.25) is 0 Å². The Bertz CT molecular complexity index is 650. The van der Waals surface area contributed by atoms with Crippen molar-refractivity contribution in [2.24, 2.45) is 5.73 Å². The van der Waals surface area contributed by atoms with E-state index in [0.717, 1.165) is 36.1 Å². The van der Waals surface area contributed by atoms with Crippen molar-refractivity contribution in [3.8, 4) is 0 Å². The van der Waals surface area contributed by atoms with Gasteiger partial charge in [-0.1, -0.05) is 51.0 Å². The topological polar surface area (TPSA) is 83.6 Å². The van der Waals surface area contributed by atoms with Gasteiger partial charge in [-0.2, -0.15) is 0 Å². The predicted octanol–water partition coefficient (Wildman–Crippen LogP) is 3.18. The fraction of sp³-hybridized carbons (Fsp3) is 0.524. The van der Waals surface area contributed by atoms with Crippen LogP contribution in [-0.4, -0.2) is 34.6 Å². The van der Waals surface area contributed by atoms with Gasteiger partial charge in [0.05, 0.1) is 6.42 Å². The van der Waals surface area contributed by atoms with Gasteiger partial charge in [-0.3, -0.25) is 14.5 Å². The van der Waals surface area contributed by atoms with Crippen molar-refractivity contribution < 1.29 is 14.7 Å². The maximum atomic E-state index is 12.5. The molecule has 0 aromatic heterocycles. The lowest BCUT2D eigenvalue weighted by atomic mass is 10.0. The maximum absolute atomic E-state index is 12.5. The molecule has 0 saturated carbocycles. The van der Waals surface area contributed by atoms with Crippen molar-refractivity contribution in [3.63, 3.8) is 0 Å². The van der Waals surface area contributed by atoms with E-state index < -0.39 is 6.23 Å². The highest BCUT2D eigenvalue weighted by Gasteiger charge is 2.37. The molecule has 3 N–H and O–H groups in total. The minimum absolute atomic E-state index is 0.0506. The number of likely N-dealkylation sites (tertiary alicyclic amines) is 1. The van der Waals surface area contributed by atoms with E-state index in [4.69, 9.17) is 5.73 Å². The Labute approximate surface area is 155 Å². The molecule has 5 heteroatoms. The van der Waals surface area contributed by atoms with E-state index in [1.165, 1.54) is 5.56 Å². The summed E-state index contributed by atoms with van der Waals surface area (Å²) in [7, 11) is 0. The Kier molecular flexibility index (Phi) is 7.54. The molecule has 1 saturated heterocycles. The second kappa shape index (κ2) is 9.64. The summed E-state index contributed by atoms with van der Waals surface area (Å²) >= 11 is 0. The van der Waals surface area contributed by atoms with E-state index in [1.54, 1.807) is 6.08 Å². The minimum Gasteiger partial charge on any atom is -0.373 e. The largest absolute Gasteiger partial charge is 0.373 e. The van der Waals surface area contributed by atoms with Gasteiger partial charge in [0.25, 0.3) is 5.91 Å². The van der Waals surface area contributed by atoms with Gasteiger partial charge in [-0.25, -0.2) is 0 Å². The number of benzene rings is 1. The second-order valence-corrected chi connectivity index (χ2v) is 7.21. The Hall–Kier alpha value is -1.98. The zero-order chi connectivity index (χ0) is 19.1. The zero-order valence-corrected chi connectivity index (χ0v) is 15.8. The van der Waals surface area contributed by atoms with Crippen molar-refractivity contribution in [3.05, 3.63) is 41.0 Å². The van der Waals surface area contributed by atoms with Gasteiger partial charge < -0.3 is 10.8 Å². The molecular weight excluding hydrogens is 328 g/mol. The average Bonchev–Trinajstić information content (AvgIpc) is 2.88. The summed E-state index contributed by atoms with van der Waals surface area (Å²) in [6.45, 7) is 4.92. The molecule has 1 unspecified atom stereocenters. The van der Waals surface area contributed by atoms with Crippen molar-refractivity contribution >= 4 is 17.9 Å². The zero-order valence-electron chi connectivity index (χ0n) is 15.8. The molecule has 142 valence electrons. The van der Waals surface area contributed by atoms with Crippen LogP contribution in [0.4, 0.5) is 0 Å². The third kappa shape index (κ3) is 5.26. The molecule has 1 aliphatic heterocycles. The number of imide groups is 1. The van der Waals surface area contributed by atoms with Gasteiger partial charge in [-0.15, -0.1) is 0 Å². The van der Waals surface area contributed by atoms with E-state index in [-0.39, 0.29) is 18.2 Å². The SMILES string of the molecule is CC(C)c1ccc(/C=C2\CC(=O)N(C(O)CCCCCCN)C2=O)cc1. The lowest BCUT2D eigenvalue weighted by Crippen LogP contribution is -2.39. The molecule has 1 aromatic rings. The summed E-state index contributed by atoms with van der Waals surface area (Å²) in [4.78, 5) is 25.7. The fourth-order valence-electron chi connectivity index (χ4n) is 3.14. The summed E-state index contributed by atoms with van der Waals surface area (Å²) in [5, 5.41) is 10.3. The van der Waals surface area contributed by atoms with Gasteiger partial charge in [0, 0.05) is 5.57 Å². The average molecular weight is 358 g/mol. The lowest BCUT2D eigenvalue weighted by molar-refractivity contribution is -0.148. The van der Waals surface area contributed by atoms with Crippen molar-refractivity contribution in [2.45, 2.75) is 64.5 Å². The number of carbonyl (C=O) groups is 2. The second-order valence-electron chi connectivity index (χ2n) is 7.21. The molecule has 2 rings (SSSR count). The van der Waals surface area contributed by atoms with Crippen LogP contribution in [0.3, 0.4) is 0 Å².